The number of pyridine rings is 1. The SMILES string of the molecule is CC(C)C(=O)N1Cc2c[nH]c3c(=O)n(C)cc(c23)-c2cc(CS(C)(=O)=O)ccc21. The number of nitrogens with one attached hydrogen (secondary N) is 1. The molecular formula is C21H23N3O4S. The van der Waals surface area contributed by atoms with Gasteiger partial charge in [0, 0.05) is 48.1 Å². The summed E-state index contributed by atoms with van der Waals surface area (Å²) in [6.07, 6.45) is 4.73. The quantitative estimate of drug-likeness (QED) is 0.714. The lowest BCUT2D eigenvalue weighted by Gasteiger charge is -2.25. The molecule has 7 nitrogen and oxygen atoms in total. The Morgan fingerprint density at radius 2 is 1.97 bits per heavy atom. The zero-order valence-electron chi connectivity index (χ0n) is 16.8. The van der Waals surface area contributed by atoms with Crippen molar-refractivity contribution in [1.29, 1.82) is 0 Å². The van der Waals surface area contributed by atoms with Gasteiger partial charge >= 0.3 is 0 Å². The van der Waals surface area contributed by atoms with Crippen LogP contribution in [0.5, 0.6) is 0 Å². The third-order valence-electron chi connectivity index (χ3n) is 5.25. The molecule has 0 atom stereocenters. The van der Waals surface area contributed by atoms with Gasteiger partial charge in [0.15, 0.2) is 9.84 Å². The van der Waals surface area contributed by atoms with Crippen molar-refractivity contribution in [3.05, 3.63) is 52.1 Å². The summed E-state index contributed by atoms with van der Waals surface area (Å²) < 4.78 is 25.2. The first-order valence-corrected chi connectivity index (χ1v) is 11.4. The molecule has 0 spiro atoms. The summed E-state index contributed by atoms with van der Waals surface area (Å²) in [6, 6.07) is 5.38. The molecule has 8 heteroatoms. The Labute approximate surface area is 168 Å². The Balaban J connectivity index is 2.06. The monoisotopic (exact) mass is 413 g/mol. The average molecular weight is 413 g/mol. The number of fused-ring (bicyclic) bond motifs is 2. The fourth-order valence-corrected chi connectivity index (χ4v) is 4.74. The number of hydrogen-bond donors (Lipinski definition) is 1. The van der Waals surface area contributed by atoms with Crippen molar-refractivity contribution in [2.75, 3.05) is 11.2 Å². The number of H-pyrrole nitrogens is 1. The lowest BCUT2D eigenvalue weighted by Crippen LogP contribution is -2.33. The second-order valence-electron chi connectivity index (χ2n) is 8.02. The van der Waals surface area contributed by atoms with Crippen LogP contribution in [0.25, 0.3) is 22.0 Å². The van der Waals surface area contributed by atoms with Crippen molar-refractivity contribution in [1.82, 2.24) is 9.55 Å². The predicted octanol–water partition coefficient (Wildman–Crippen LogP) is 2.58. The molecule has 3 aromatic rings. The molecule has 1 N–H and O–H groups in total. The van der Waals surface area contributed by atoms with Gasteiger partial charge in [0.1, 0.15) is 5.52 Å². The smallest absolute Gasteiger partial charge is 0.274 e. The molecule has 0 saturated carbocycles. The van der Waals surface area contributed by atoms with Crippen LogP contribution in [0, 0.1) is 5.92 Å². The molecule has 1 aliphatic rings. The number of carbonyl (C=O) groups is 1. The lowest BCUT2D eigenvalue weighted by molar-refractivity contribution is -0.121. The Bertz CT molecular complexity index is 1320. The summed E-state index contributed by atoms with van der Waals surface area (Å²) in [5.41, 5.74) is 4.12. The fourth-order valence-electron chi connectivity index (χ4n) is 3.95. The molecule has 29 heavy (non-hydrogen) atoms. The van der Waals surface area contributed by atoms with Gasteiger partial charge in [-0.2, -0.15) is 0 Å². The topological polar surface area (TPSA) is 92.2 Å². The maximum Gasteiger partial charge on any atom is 0.274 e. The molecule has 0 radical (unpaired) electrons. The Morgan fingerprint density at radius 1 is 1.24 bits per heavy atom. The maximum absolute atomic E-state index is 13.0. The number of rotatable bonds is 3. The molecule has 0 bridgehead atoms. The van der Waals surface area contributed by atoms with E-state index in [4.69, 9.17) is 0 Å². The molecule has 2 aromatic heterocycles. The van der Waals surface area contributed by atoms with Gasteiger partial charge < -0.3 is 14.5 Å². The van der Waals surface area contributed by atoms with E-state index in [-0.39, 0.29) is 23.1 Å². The molecule has 4 rings (SSSR count). The minimum atomic E-state index is -3.21. The van der Waals surface area contributed by atoms with Crippen LogP contribution in [-0.4, -0.2) is 30.1 Å². The highest BCUT2D eigenvalue weighted by molar-refractivity contribution is 7.89. The van der Waals surface area contributed by atoms with E-state index in [1.807, 2.05) is 26.0 Å². The summed E-state index contributed by atoms with van der Waals surface area (Å²) >= 11 is 0. The number of anilines is 1. The summed E-state index contributed by atoms with van der Waals surface area (Å²) in [5.74, 6) is -0.329. The number of carbonyl (C=O) groups excluding carboxylic acids is 1. The number of amides is 1. The molecule has 1 aliphatic heterocycles. The number of nitrogens with zero attached hydrogens (tertiary/aromatic N) is 2. The van der Waals surface area contributed by atoms with Crippen LogP contribution in [0.2, 0.25) is 0 Å². The molecule has 1 amide bonds. The van der Waals surface area contributed by atoms with Crippen LogP contribution >= 0.6 is 0 Å². The number of sulfone groups is 1. The normalized spacial score (nSPS) is 13.6. The van der Waals surface area contributed by atoms with Crippen LogP contribution in [0.15, 0.2) is 35.4 Å². The lowest BCUT2D eigenvalue weighted by atomic mass is 9.99. The van der Waals surface area contributed by atoms with E-state index in [2.05, 4.69) is 4.98 Å². The number of hydrogen-bond acceptors (Lipinski definition) is 4. The van der Waals surface area contributed by atoms with Crippen molar-refractivity contribution in [2.24, 2.45) is 13.0 Å². The van der Waals surface area contributed by atoms with E-state index < -0.39 is 9.84 Å². The minimum absolute atomic E-state index is 0.0315. The first-order valence-electron chi connectivity index (χ1n) is 9.39. The maximum atomic E-state index is 13.0. The van der Waals surface area contributed by atoms with Crippen LogP contribution in [0.3, 0.4) is 0 Å². The molecule has 152 valence electrons. The zero-order valence-corrected chi connectivity index (χ0v) is 17.6. The molecular weight excluding hydrogens is 390 g/mol. The van der Waals surface area contributed by atoms with Crippen LogP contribution < -0.4 is 10.5 Å². The summed E-state index contributed by atoms with van der Waals surface area (Å²) in [6.45, 7) is 4.04. The highest BCUT2D eigenvalue weighted by Gasteiger charge is 2.29. The first kappa shape index (κ1) is 19.4. The highest BCUT2D eigenvalue weighted by Crippen LogP contribution is 2.41. The number of aryl methyl sites for hydroxylation is 1. The van der Waals surface area contributed by atoms with E-state index in [0.717, 1.165) is 27.8 Å². The van der Waals surface area contributed by atoms with Gasteiger partial charge in [-0.1, -0.05) is 19.9 Å². The Kier molecular flexibility index (Phi) is 4.42. The molecule has 0 fully saturated rings. The second kappa shape index (κ2) is 6.59. The first-order chi connectivity index (χ1) is 13.6. The van der Waals surface area contributed by atoms with Gasteiger partial charge in [-0.05, 0) is 23.3 Å². The van der Waals surface area contributed by atoms with Gasteiger partial charge in [0.2, 0.25) is 5.91 Å². The van der Waals surface area contributed by atoms with Crippen molar-refractivity contribution in [3.63, 3.8) is 0 Å². The largest absolute Gasteiger partial charge is 0.356 e. The van der Waals surface area contributed by atoms with Crippen molar-refractivity contribution >= 4 is 32.3 Å². The molecule has 3 heterocycles. The predicted molar refractivity (Wildman–Crippen MR) is 114 cm³/mol. The number of aromatic amines is 1. The van der Waals surface area contributed by atoms with Crippen LogP contribution in [0.1, 0.15) is 25.0 Å². The van der Waals surface area contributed by atoms with Crippen LogP contribution in [0.4, 0.5) is 5.69 Å². The van der Waals surface area contributed by atoms with E-state index in [0.29, 0.717) is 17.6 Å². The summed E-state index contributed by atoms with van der Waals surface area (Å²) in [4.78, 5) is 30.4. The summed E-state index contributed by atoms with van der Waals surface area (Å²) in [5, 5.41) is 0.782. The fraction of sp³-hybridized carbons (Fsp3) is 0.333. The molecule has 0 aliphatic carbocycles. The third-order valence-corrected chi connectivity index (χ3v) is 6.11. The average Bonchev–Trinajstić information content (AvgIpc) is 2.99. The van der Waals surface area contributed by atoms with E-state index in [9.17, 15) is 18.0 Å². The van der Waals surface area contributed by atoms with Gasteiger partial charge in [0.05, 0.1) is 18.0 Å². The van der Waals surface area contributed by atoms with Crippen molar-refractivity contribution in [3.8, 4) is 11.1 Å². The number of benzene rings is 1. The third kappa shape index (κ3) is 3.27. The van der Waals surface area contributed by atoms with Gasteiger partial charge in [-0.3, -0.25) is 9.59 Å². The van der Waals surface area contributed by atoms with Gasteiger partial charge in [0.25, 0.3) is 5.56 Å². The number of aromatic nitrogens is 2. The van der Waals surface area contributed by atoms with Crippen molar-refractivity contribution in [2.45, 2.75) is 26.1 Å². The second-order valence-corrected chi connectivity index (χ2v) is 10.2. The Hall–Kier alpha value is -2.87. The van der Waals surface area contributed by atoms with Gasteiger partial charge in [-0.15, -0.1) is 0 Å². The van der Waals surface area contributed by atoms with E-state index >= 15 is 0 Å². The van der Waals surface area contributed by atoms with E-state index in [1.165, 1.54) is 10.8 Å². The van der Waals surface area contributed by atoms with Crippen LogP contribution in [-0.2, 0) is 34.0 Å². The van der Waals surface area contributed by atoms with E-state index in [1.54, 1.807) is 30.4 Å². The molecule has 0 unspecified atom stereocenters. The van der Waals surface area contributed by atoms with Crippen molar-refractivity contribution < 1.29 is 13.2 Å². The zero-order chi connectivity index (χ0) is 21.1. The summed E-state index contributed by atoms with van der Waals surface area (Å²) in [7, 11) is -1.53. The highest BCUT2D eigenvalue weighted by atomic mass is 32.2. The molecule has 0 saturated heterocycles. The minimum Gasteiger partial charge on any atom is -0.356 e. The Morgan fingerprint density at radius 3 is 2.62 bits per heavy atom. The standard InChI is InChI=1S/C21H23N3O4S/c1-12(2)20(25)24-9-14-8-22-19-18(14)16(10-23(3)21(19)26)15-7-13(5-6-17(15)24)11-29(4,27)28/h5-8,10,12,22H,9,11H2,1-4H3. The van der Waals surface area contributed by atoms with Gasteiger partial charge in [-0.25, -0.2) is 8.42 Å². The molecule has 1 aromatic carbocycles.